The van der Waals surface area contributed by atoms with E-state index in [1.807, 2.05) is 11.8 Å². The first-order valence-electron chi connectivity index (χ1n) is 5.28. The number of Topliss-reactive ketones (excluding diaryl/α,β-unsaturated/α-hetero) is 1. The Bertz CT molecular complexity index is 253. The summed E-state index contributed by atoms with van der Waals surface area (Å²) in [5, 5.41) is 8.67. The van der Waals surface area contributed by atoms with E-state index in [2.05, 4.69) is 0 Å². The number of ketones is 1. The number of carbonyl (C=O) groups is 2. The molecular formula is C10H18N2O3. The quantitative estimate of drug-likeness (QED) is 0.671. The Balaban J connectivity index is 2.44. The summed E-state index contributed by atoms with van der Waals surface area (Å²) in [6.45, 7) is 3.59. The van der Waals surface area contributed by atoms with E-state index >= 15 is 0 Å². The maximum atomic E-state index is 11.4. The Morgan fingerprint density at radius 2 is 2.40 bits per heavy atom. The minimum Gasteiger partial charge on any atom is -0.480 e. The number of likely N-dealkylation sites (tertiary alicyclic amines) is 1. The number of carboxylic acids is 1. The third kappa shape index (κ3) is 3.28. The third-order valence-electron chi connectivity index (χ3n) is 2.87. The van der Waals surface area contributed by atoms with E-state index in [9.17, 15) is 9.59 Å². The molecule has 0 aromatic heterocycles. The minimum atomic E-state index is -0.986. The number of carboxylic acid groups (broad SMARTS) is 1. The van der Waals surface area contributed by atoms with Crippen LogP contribution in [0.4, 0.5) is 0 Å². The van der Waals surface area contributed by atoms with Gasteiger partial charge in [0.1, 0.15) is 11.8 Å². The summed E-state index contributed by atoms with van der Waals surface area (Å²) in [7, 11) is 0. The third-order valence-corrected chi connectivity index (χ3v) is 2.87. The molecule has 0 bridgehead atoms. The molecule has 0 aromatic rings. The first kappa shape index (κ1) is 12.1. The van der Waals surface area contributed by atoms with Crippen LogP contribution in [0.25, 0.3) is 0 Å². The molecule has 3 N–H and O–H groups in total. The molecule has 86 valence electrons. The summed E-state index contributed by atoms with van der Waals surface area (Å²) in [6, 6.07) is -0.851. The lowest BCUT2D eigenvalue weighted by Crippen LogP contribution is -2.48. The molecular weight excluding hydrogens is 196 g/mol. The second kappa shape index (κ2) is 5.23. The van der Waals surface area contributed by atoms with Crippen LogP contribution in [0.3, 0.4) is 0 Å². The Labute approximate surface area is 89.2 Å². The normalized spacial score (nSPS) is 25.2. The van der Waals surface area contributed by atoms with Gasteiger partial charge in [-0.25, -0.2) is 0 Å². The maximum absolute atomic E-state index is 11.4. The van der Waals surface area contributed by atoms with Crippen LogP contribution in [0.15, 0.2) is 0 Å². The van der Waals surface area contributed by atoms with Gasteiger partial charge in [0.25, 0.3) is 0 Å². The van der Waals surface area contributed by atoms with Crippen molar-refractivity contribution in [2.75, 3.05) is 19.6 Å². The first-order valence-corrected chi connectivity index (χ1v) is 5.28. The van der Waals surface area contributed by atoms with Crippen molar-refractivity contribution < 1.29 is 14.7 Å². The summed E-state index contributed by atoms with van der Waals surface area (Å²) < 4.78 is 0. The summed E-state index contributed by atoms with van der Waals surface area (Å²) >= 11 is 0. The molecule has 1 heterocycles. The predicted molar refractivity (Wildman–Crippen MR) is 55.5 cm³/mol. The number of carbonyl (C=O) groups excluding carboxylic acids is 1. The van der Waals surface area contributed by atoms with E-state index in [1.54, 1.807) is 0 Å². The smallest absolute Gasteiger partial charge is 0.321 e. The zero-order valence-electron chi connectivity index (χ0n) is 8.98. The van der Waals surface area contributed by atoms with Gasteiger partial charge in [0.05, 0.1) is 0 Å². The fourth-order valence-corrected chi connectivity index (χ4v) is 1.86. The number of hydrogen-bond donors (Lipinski definition) is 2. The van der Waals surface area contributed by atoms with Crippen molar-refractivity contribution in [3.05, 3.63) is 0 Å². The van der Waals surface area contributed by atoms with Crippen LogP contribution in [-0.4, -0.2) is 47.4 Å². The van der Waals surface area contributed by atoms with Gasteiger partial charge < -0.3 is 15.7 Å². The van der Waals surface area contributed by atoms with Crippen LogP contribution in [0, 0.1) is 5.92 Å². The molecule has 0 radical (unpaired) electrons. The SMILES string of the molecule is CCC1CN(CC(N)C(=O)O)CCC1=O. The van der Waals surface area contributed by atoms with Crippen LogP contribution in [0.5, 0.6) is 0 Å². The molecule has 0 saturated carbocycles. The van der Waals surface area contributed by atoms with E-state index in [0.717, 1.165) is 6.42 Å². The Morgan fingerprint density at radius 1 is 1.73 bits per heavy atom. The van der Waals surface area contributed by atoms with Crippen molar-refractivity contribution in [3.63, 3.8) is 0 Å². The summed E-state index contributed by atoms with van der Waals surface area (Å²) in [5.74, 6) is -0.641. The number of hydrogen-bond acceptors (Lipinski definition) is 4. The highest BCUT2D eigenvalue weighted by atomic mass is 16.4. The molecule has 1 aliphatic rings. The van der Waals surface area contributed by atoms with E-state index in [1.165, 1.54) is 0 Å². The highest BCUT2D eigenvalue weighted by Gasteiger charge is 2.27. The molecule has 1 fully saturated rings. The highest BCUT2D eigenvalue weighted by molar-refractivity contribution is 5.82. The summed E-state index contributed by atoms with van der Waals surface area (Å²) in [5.41, 5.74) is 5.44. The predicted octanol–water partition coefficient (Wildman–Crippen LogP) is -0.301. The van der Waals surface area contributed by atoms with Crippen LogP contribution >= 0.6 is 0 Å². The van der Waals surface area contributed by atoms with Gasteiger partial charge in [-0.1, -0.05) is 6.92 Å². The summed E-state index contributed by atoms with van der Waals surface area (Å²) in [4.78, 5) is 24.0. The molecule has 5 heteroatoms. The average molecular weight is 214 g/mol. The molecule has 5 nitrogen and oxygen atoms in total. The van der Waals surface area contributed by atoms with Crippen molar-refractivity contribution in [2.24, 2.45) is 11.7 Å². The lowest BCUT2D eigenvalue weighted by Gasteiger charge is -2.32. The van der Waals surface area contributed by atoms with Crippen LogP contribution in [0.2, 0.25) is 0 Å². The van der Waals surface area contributed by atoms with Crippen LogP contribution < -0.4 is 5.73 Å². The van der Waals surface area contributed by atoms with Crippen LogP contribution in [0.1, 0.15) is 19.8 Å². The van der Waals surface area contributed by atoms with E-state index in [-0.39, 0.29) is 11.7 Å². The Morgan fingerprint density at radius 3 is 2.93 bits per heavy atom. The van der Waals surface area contributed by atoms with Gasteiger partial charge >= 0.3 is 5.97 Å². The molecule has 0 aromatic carbocycles. The summed E-state index contributed by atoms with van der Waals surface area (Å²) in [6.07, 6.45) is 1.34. The molecule has 15 heavy (non-hydrogen) atoms. The van der Waals surface area contributed by atoms with Crippen molar-refractivity contribution in [3.8, 4) is 0 Å². The molecule has 1 aliphatic heterocycles. The zero-order chi connectivity index (χ0) is 11.4. The van der Waals surface area contributed by atoms with Crippen molar-refractivity contribution >= 4 is 11.8 Å². The molecule has 2 atom stereocenters. The molecule has 1 saturated heterocycles. The van der Waals surface area contributed by atoms with Gasteiger partial charge in [-0.2, -0.15) is 0 Å². The largest absolute Gasteiger partial charge is 0.480 e. The molecule has 0 amide bonds. The van der Waals surface area contributed by atoms with Gasteiger partial charge in [0.15, 0.2) is 0 Å². The number of nitrogens with zero attached hydrogens (tertiary/aromatic N) is 1. The average Bonchev–Trinajstić information content (AvgIpc) is 2.20. The van der Waals surface area contributed by atoms with Gasteiger partial charge in [-0.3, -0.25) is 9.59 Å². The van der Waals surface area contributed by atoms with E-state index < -0.39 is 12.0 Å². The first-order chi connectivity index (χ1) is 7.04. The topological polar surface area (TPSA) is 83.6 Å². The molecule has 2 unspecified atom stereocenters. The standard InChI is InChI=1S/C10H18N2O3/c1-2-7-5-12(4-3-9(7)13)6-8(11)10(14)15/h7-8H,2-6,11H2,1H3,(H,14,15). The van der Waals surface area contributed by atoms with E-state index in [0.29, 0.717) is 26.1 Å². The van der Waals surface area contributed by atoms with Gasteiger partial charge in [0, 0.05) is 32.0 Å². The second-order valence-corrected chi connectivity index (χ2v) is 4.03. The minimum absolute atomic E-state index is 0.0553. The van der Waals surface area contributed by atoms with Gasteiger partial charge in [-0.05, 0) is 6.42 Å². The number of aliphatic carboxylic acids is 1. The molecule has 0 aliphatic carbocycles. The maximum Gasteiger partial charge on any atom is 0.321 e. The number of rotatable bonds is 4. The van der Waals surface area contributed by atoms with Crippen molar-refractivity contribution in [1.82, 2.24) is 4.90 Å². The lowest BCUT2D eigenvalue weighted by molar-refractivity contribution is -0.139. The number of nitrogens with two attached hydrogens (primary N) is 1. The Kier molecular flexibility index (Phi) is 4.23. The highest BCUT2D eigenvalue weighted by Crippen LogP contribution is 2.15. The fraction of sp³-hybridized carbons (Fsp3) is 0.800. The zero-order valence-corrected chi connectivity index (χ0v) is 8.98. The monoisotopic (exact) mass is 214 g/mol. The van der Waals surface area contributed by atoms with E-state index in [4.69, 9.17) is 10.8 Å². The lowest BCUT2D eigenvalue weighted by atomic mass is 9.94. The van der Waals surface area contributed by atoms with Gasteiger partial charge in [0.2, 0.25) is 0 Å². The molecule has 1 rings (SSSR count). The fourth-order valence-electron chi connectivity index (χ4n) is 1.86. The Hall–Kier alpha value is -0.940. The van der Waals surface area contributed by atoms with Crippen molar-refractivity contribution in [2.45, 2.75) is 25.8 Å². The second-order valence-electron chi connectivity index (χ2n) is 4.03. The van der Waals surface area contributed by atoms with Crippen molar-refractivity contribution in [1.29, 1.82) is 0 Å². The number of piperidine rings is 1. The molecule has 0 spiro atoms. The van der Waals surface area contributed by atoms with Crippen LogP contribution in [-0.2, 0) is 9.59 Å². The van der Waals surface area contributed by atoms with Gasteiger partial charge in [-0.15, -0.1) is 0 Å².